The Labute approximate surface area is 188 Å². The zero-order valence-corrected chi connectivity index (χ0v) is 18.2. The van der Waals surface area contributed by atoms with Gasteiger partial charge in [-0.3, -0.25) is 4.79 Å². The fourth-order valence-corrected chi connectivity index (χ4v) is 5.16. The lowest BCUT2D eigenvalue weighted by molar-refractivity contribution is -0.125. The summed E-state index contributed by atoms with van der Waals surface area (Å²) in [7, 11) is 0. The van der Waals surface area contributed by atoms with Crippen LogP contribution in [0.3, 0.4) is 0 Å². The number of hydrogen-bond donors (Lipinski definition) is 2. The van der Waals surface area contributed by atoms with Crippen molar-refractivity contribution in [2.45, 2.75) is 38.3 Å². The van der Waals surface area contributed by atoms with Crippen molar-refractivity contribution in [3.63, 3.8) is 0 Å². The van der Waals surface area contributed by atoms with Gasteiger partial charge in [0, 0.05) is 30.2 Å². The molecule has 4 N–H and O–H groups in total. The molecule has 2 aromatic heterocycles. The summed E-state index contributed by atoms with van der Waals surface area (Å²) in [4.78, 5) is 21.2. The fourth-order valence-electron chi connectivity index (χ4n) is 4.39. The molecule has 1 aliphatic carbocycles. The number of primary amides is 1. The second-order valence-electron chi connectivity index (χ2n) is 8.44. The first-order valence-corrected chi connectivity index (χ1v) is 11.7. The number of benzene rings is 2. The number of rotatable bonds is 5. The smallest absolute Gasteiger partial charge is 0.258 e. The molecule has 8 nitrogen and oxygen atoms in total. The normalized spacial score (nSPS) is 17.0. The van der Waals surface area contributed by atoms with Crippen LogP contribution in [0.5, 0.6) is 11.5 Å². The summed E-state index contributed by atoms with van der Waals surface area (Å²) in [5, 5.41) is 0.553. The maximum atomic E-state index is 11.9. The minimum atomic E-state index is -0.617. The van der Waals surface area contributed by atoms with Crippen LogP contribution in [-0.4, -0.2) is 33.2 Å². The van der Waals surface area contributed by atoms with Crippen LogP contribution in [0.25, 0.3) is 32.6 Å². The minimum absolute atomic E-state index is 0.193. The molecule has 0 radical (unpaired) electrons. The predicted molar refractivity (Wildman–Crippen MR) is 124 cm³/mol. The number of aryl methyl sites for hydroxylation is 1. The summed E-state index contributed by atoms with van der Waals surface area (Å²) in [6.07, 6.45) is 3.25. The first kappa shape index (κ1) is 19.4. The van der Waals surface area contributed by atoms with Gasteiger partial charge in [-0.2, -0.15) is 0 Å². The summed E-state index contributed by atoms with van der Waals surface area (Å²) >= 11 is 1.47. The van der Waals surface area contributed by atoms with Crippen molar-refractivity contribution in [2.24, 2.45) is 11.7 Å². The van der Waals surface area contributed by atoms with E-state index >= 15 is 0 Å². The van der Waals surface area contributed by atoms with Gasteiger partial charge in [0.1, 0.15) is 22.8 Å². The van der Waals surface area contributed by atoms with E-state index < -0.39 is 12.0 Å². The van der Waals surface area contributed by atoms with Crippen molar-refractivity contribution >= 4 is 43.6 Å². The number of amides is 1. The molecule has 0 saturated heterocycles. The van der Waals surface area contributed by atoms with E-state index in [1.165, 1.54) is 11.3 Å². The zero-order chi connectivity index (χ0) is 21.8. The Hall–Kier alpha value is -3.33. The molecule has 32 heavy (non-hydrogen) atoms. The third-order valence-electron chi connectivity index (χ3n) is 6.07. The minimum Gasteiger partial charge on any atom is -0.491 e. The van der Waals surface area contributed by atoms with Crippen molar-refractivity contribution in [2.75, 3.05) is 12.3 Å². The lowest BCUT2D eigenvalue weighted by atomic mass is 10.2. The Morgan fingerprint density at radius 2 is 2.06 bits per heavy atom. The number of nitrogens with two attached hydrogens (primary N) is 2. The van der Waals surface area contributed by atoms with E-state index in [4.69, 9.17) is 25.9 Å². The van der Waals surface area contributed by atoms with Gasteiger partial charge in [0.2, 0.25) is 0 Å². The predicted octanol–water partition coefficient (Wildman–Crippen LogP) is 3.71. The van der Waals surface area contributed by atoms with Gasteiger partial charge >= 0.3 is 0 Å². The van der Waals surface area contributed by atoms with Gasteiger partial charge in [0.15, 0.2) is 11.2 Å². The van der Waals surface area contributed by atoms with Gasteiger partial charge in [-0.15, -0.1) is 0 Å². The fraction of sp³-hybridized carbons (Fsp3) is 0.348. The van der Waals surface area contributed by atoms with E-state index in [0.29, 0.717) is 17.5 Å². The highest BCUT2D eigenvalue weighted by molar-refractivity contribution is 7.22. The molecule has 0 unspecified atom stereocenters. The highest BCUT2D eigenvalue weighted by Gasteiger charge is 2.37. The third-order valence-corrected chi connectivity index (χ3v) is 6.92. The SMILES string of the molecule is NC(=O)[C@@H](Oc1cc2c3c(c1)nc(-c1ccc4nc(N)sc4c1)n3CCCCO2)C1CC1. The first-order valence-electron chi connectivity index (χ1n) is 10.9. The molecule has 1 aliphatic heterocycles. The lowest BCUT2D eigenvalue weighted by Crippen LogP contribution is -2.35. The number of fused-ring (bicyclic) bond motifs is 1. The number of hydrogen-bond acceptors (Lipinski definition) is 7. The van der Waals surface area contributed by atoms with E-state index in [1.54, 1.807) is 0 Å². The molecule has 1 fully saturated rings. The first-order chi connectivity index (χ1) is 15.6. The molecule has 6 rings (SSSR count). The molecule has 9 heteroatoms. The van der Waals surface area contributed by atoms with Crippen LogP contribution in [0.15, 0.2) is 30.3 Å². The summed E-state index contributed by atoms with van der Waals surface area (Å²) in [6.45, 7) is 1.48. The van der Waals surface area contributed by atoms with Gasteiger partial charge in [-0.25, -0.2) is 9.97 Å². The Balaban J connectivity index is 1.49. The number of anilines is 1. The maximum absolute atomic E-state index is 11.9. The molecule has 2 aliphatic rings. The Kier molecular flexibility index (Phi) is 4.46. The number of nitrogen functional groups attached to an aromatic ring is 1. The Bertz CT molecular complexity index is 1360. The van der Waals surface area contributed by atoms with E-state index in [1.807, 2.05) is 24.3 Å². The molecule has 2 aromatic carbocycles. The number of thiazole rings is 1. The lowest BCUT2D eigenvalue weighted by Gasteiger charge is -2.19. The van der Waals surface area contributed by atoms with Gasteiger partial charge in [0.05, 0.1) is 22.3 Å². The van der Waals surface area contributed by atoms with Crippen LogP contribution < -0.4 is 20.9 Å². The number of imidazole rings is 1. The summed E-state index contributed by atoms with van der Waals surface area (Å²) in [5.41, 5.74) is 15.1. The number of carbonyl (C=O) groups excluding carboxylic acids is 1. The Morgan fingerprint density at radius 1 is 1.19 bits per heavy atom. The highest BCUT2D eigenvalue weighted by Crippen LogP contribution is 2.40. The zero-order valence-electron chi connectivity index (χ0n) is 17.4. The molecule has 4 aromatic rings. The molecule has 0 spiro atoms. The maximum Gasteiger partial charge on any atom is 0.258 e. The quantitative estimate of drug-likeness (QED) is 0.479. The number of nitrogens with zero attached hydrogens (tertiary/aromatic N) is 3. The van der Waals surface area contributed by atoms with Crippen LogP contribution in [-0.2, 0) is 11.3 Å². The van der Waals surface area contributed by atoms with Crippen LogP contribution in [0.2, 0.25) is 0 Å². The van der Waals surface area contributed by atoms with Crippen LogP contribution in [0.1, 0.15) is 25.7 Å². The topological polar surface area (TPSA) is 118 Å². The summed E-state index contributed by atoms with van der Waals surface area (Å²) in [5.74, 6) is 1.91. The van der Waals surface area contributed by atoms with Crippen LogP contribution >= 0.6 is 11.3 Å². The molecular weight excluding hydrogens is 426 g/mol. The molecular formula is C23H23N5O3S. The number of carbonyl (C=O) groups is 1. The number of ether oxygens (including phenoxy) is 2. The van der Waals surface area contributed by atoms with Crippen LogP contribution in [0.4, 0.5) is 5.13 Å². The van der Waals surface area contributed by atoms with Gasteiger partial charge in [0.25, 0.3) is 5.91 Å². The number of aromatic nitrogens is 3. The van der Waals surface area contributed by atoms with Gasteiger partial charge < -0.3 is 25.5 Å². The van der Waals surface area contributed by atoms with Crippen molar-refractivity contribution < 1.29 is 14.3 Å². The second kappa shape index (κ2) is 7.37. The van der Waals surface area contributed by atoms with Gasteiger partial charge in [-0.05, 0) is 43.9 Å². The van der Waals surface area contributed by atoms with E-state index in [9.17, 15) is 4.79 Å². The monoisotopic (exact) mass is 449 g/mol. The third kappa shape index (κ3) is 3.33. The summed E-state index contributed by atoms with van der Waals surface area (Å²) in [6, 6.07) is 9.83. The van der Waals surface area contributed by atoms with E-state index in [2.05, 4.69) is 15.6 Å². The second-order valence-corrected chi connectivity index (χ2v) is 9.51. The van der Waals surface area contributed by atoms with Gasteiger partial charge in [-0.1, -0.05) is 11.3 Å². The molecule has 0 bridgehead atoms. The molecule has 164 valence electrons. The van der Waals surface area contributed by atoms with Crippen molar-refractivity contribution in [1.82, 2.24) is 14.5 Å². The molecule has 1 amide bonds. The molecule has 1 saturated carbocycles. The van der Waals surface area contributed by atoms with E-state index in [-0.39, 0.29) is 5.92 Å². The highest BCUT2D eigenvalue weighted by atomic mass is 32.1. The van der Waals surface area contributed by atoms with Crippen LogP contribution in [0, 0.1) is 5.92 Å². The van der Waals surface area contributed by atoms with Crippen molar-refractivity contribution in [3.05, 3.63) is 30.3 Å². The molecule has 3 heterocycles. The average molecular weight is 450 g/mol. The largest absolute Gasteiger partial charge is 0.491 e. The van der Waals surface area contributed by atoms with Crippen molar-refractivity contribution in [1.29, 1.82) is 0 Å². The standard InChI is InChI=1S/C23H23N5O3S/c24-21(29)20(12-3-4-12)31-14-10-16-19-17(11-14)30-8-2-1-7-28(19)22(26-16)13-5-6-15-18(9-13)32-23(25)27-15/h5-6,9-12,20H,1-4,7-8H2,(H2,24,29)(H2,25,27)/t20-/m0/s1. The Morgan fingerprint density at radius 3 is 2.88 bits per heavy atom. The average Bonchev–Trinajstić information content (AvgIpc) is 3.41. The van der Waals surface area contributed by atoms with Crippen molar-refractivity contribution in [3.8, 4) is 22.9 Å². The van der Waals surface area contributed by atoms with E-state index in [0.717, 1.165) is 70.6 Å². The summed E-state index contributed by atoms with van der Waals surface area (Å²) < 4.78 is 15.4. The molecule has 1 atom stereocenters.